The number of esters is 1. The molecular formula is C28H28F3NO8S. The summed E-state index contributed by atoms with van der Waals surface area (Å²) >= 11 is 1.44. The summed E-state index contributed by atoms with van der Waals surface area (Å²) in [6.45, 7) is 5.50. The van der Waals surface area contributed by atoms with E-state index in [2.05, 4.69) is 5.32 Å². The second kappa shape index (κ2) is 11.9. The molecule has 0 aliphatic carbocycles. The lowest BCUT2D eigenvalue weighted by atomic mass is 10.0. The summed E-state index contributed by atoms with van der Waals surface area (Å²) in [7, 11) is 0. The van der Waals surface area contributed by atoms with Crippen LogP contribution in [0.2, 0.25) is 0 Å². The molecule has 41 heavy (non-hydrogen) atoms. The van der Waals surface area contributed by atoms with Gasteiger partial charge in [0.2, 0.25) is 11.2 Å². The van der Waals surface area contributed by atoms with Crippen molar-refractivity contribution in [1.82, 2.24) is 5.32 Å². The second-order valence-electron chi connectivity index (χ2n) is 10.1. The van der Waals surface area contributed by atoms with Gasteiger partial charge in [-0.25, -0.2) is 9.59 Å². The van der Waals surface area contributed by atoms with Crippen LogP contribution >= 0.6 is 11.8 Å². The Kier molecular flexibility index (Phi) is 8.76. The molecular weight excluding hydrogens is 567 g/mol. The molecule has 1 aliphatic heterocycles. The molecule has 0 radical (unpaired) electrons. The topological polar surface area (TPSA) is 113 Å². The van der Waals surface area contributed by atoms with Crippen molar-refractivity contribution in [2.45, 2.75) is 45.0 Å². The third-order valence-corrected chi connectivity index (χ3v) is 6.40. The fraction of sp³-hybridized carbons (Fsp3) is 0.393. The molecule has 2 aromatic carbocycles. The van der Waals surface area contributed by atoms with Gasteiger partial charge in [-0.2, -0.15) is 24.9 Å². The van der Waals surface area contributed by atoms with Gasteiger partial charge in [0.1, 0.15) is 36.2 Å². The summed E-state index contributed by atoms with van der Waals surface area (Å²) in [4.78, 5) is 38.5. The first kappa shape index (κ1) is 30.1. The average molecular weight is 596 g/mol. The summed E-state index contributed by atoms with van der Waals surface area (Å²) in [6.07, 6.45) is -3.83. The Bertz CT molecular complexity index is 1510. The van der Waals surface area contributed by atoms with Gasteiger partial charge >= 0.3 is 18.2 Å². The first-order chi connectivity index (χ1) is 19.3. The fourth-order valence-corrected chi connectivity index (χ4v) is 4.49. The van der Waals surface area contributed by atoms with Crippen molar-refractivity contribution in [3.05, 3.63) is 52.4 Å². The van der Waals surface area contributed by atoms with Crippen molar-refractivity contribution in [3.8, 4) is 28.4 Å². The molecule has 1 aromatic heterocycles. The number of hydrogen-bond acceptors (Lipinski definition) is 9. The highest BCUT2D eigenvalue weighted by molar-refractivity contribution is 7.98. The van der Waals surface area contributed by atoms with E-state index >= 15 is 0 Å². The van der Waals surface area contributed by atoms with Crippen LogP contribution in [0.5, 0.6) is 17.2 Å². The molecule has 1 amide bonds. The number of carbonyl (C=O) groups is 2. The Morgan fingerprint density at radius 3 is 2.41 bits per heavy atom. The molecule has 0 saturated heterocycles. The number of halogens is 3. The normalized spacial score (nSPS) is 13.9. The molecule has 0 saturated carbocycles. The summed E-state index contributed by atoms with van der Waals surface area (Å²) in [5.41, 5.74) is -2.92. The first-order valence-electron chi connectivity index (χ1n) is 12.5. The van der Waals surface area contributed by atoms with Crippen LogP contribution in [-0.2, 0) is 15.7 Å². The van der Waals surface area contributed by atoms with Crippen LogP contribution in [0, 0.1) is 0 Å². The van der Waals surface area contributed by atoms with E-state index in [1.165, 1.54) is 42.1 Å². The number of thioether (sulfide) groups is 1. The van der Waals surface area contributed by atoms with Gasteiger partial charge in [-0.3, -0.25) is 4.79 Å². The van der Waals surface area contributed by atoms with E-state index in [0.29, 0.717) is 18.1 Å². The Morgan fingerprint density at radius 2 is 1.76 bits per heavy atom. The predicted molar refractivity (Wildman–Crippen MR) is 146 cm³/mol. The summed E-state index contributed by atoms with van der Waals surface area (Å²) < 4.78 is 69.0. The quantitative estimate of drug-likeness (QED) is 0.267. The number of amides is 1. The van der Waals surface area contributed by atoms with E-state index < -0.39 is 52.2 Å². The Labute approximate surface area is 237 Å². The summed E-state index contributed by atoms with van der Waals surface area (Å²) in [5, 5.41) is 2.30. The van der Waals surface area contributed by atoms with Gasteiger partial charge in [-0.05, 0) is 69.0 Å². The highest BCUT2D eigenvalue weighted by Gasteiger charge is 2.40. The Balaban J connectivity index is 1.68. The highest BCUT2D eigenvalue weighted by Crippen LogP contribution is 2.40. The zero-order valence-corrected chi connectivity index (χ0v) is 23.5. The Morgan fingerprint density at radius 1 is 1.05 bits per heavy atom. The number of alkyl carbamates (subject to hydrolysis) is 1. The van der Waals surface area contributed by atoms with Crippen LogP contribution in [0.3, 0.4) is 0 Å². The minimum Gasteiger partial charge on any atom is -0.486 e. The number of alkyl halides is 3. The van der Waals surface area contributed by atoms with Crippen LogP contribution in [0.25, 0.3) is 22.1 Å². The Hall–Kier alpha value is -3.87. The minimum atomic E-state index is -5.02. The molecule has 2 heterocycles. The number of nitrogens with one attached hydrogen (secondary N) is 1. The summed E-state index contributed by atoms with van der Waals surface area (Å²) in [6, 6.07) is 6.45. The van der Waals surface area contributed by atoms with Crippen molar-refractivity contribution in [2.24, 2.45) is 0 Å². The number of ether oxygens (including phenoxy) is 4. The van der Waals surface area contributed by atoms with Gasteiger partial charge in [-0.1, -0.05) is 6.07 Å². The SMILES string of the molecule is CSCC[C@H](NC(=O)OC(C)(C)C)C(=O)Oc1ccc2c(=O)c(-c3ccc4c(c3)OCCO4)c(C(F)(F)F)oc2c1. The molecule has 13 heteroatoms. The number of hydrogen-bond donors (Lipinski definition) is 1. The molecule has 0 bridgehead atoms. The lowest BCUT2D eigenvalue weighted by molar-refractivity contribution is -0.152. The van der Waals surface area contributed by atoms with E-state index in [1.807, 2.05) is 6.26 Å². The molecule has 4 rings (SSSR count). The molecule has 3 aromatic rings. The maximum Gasteiger partial charge on any atom is 0.450 e. The number of fused-ring (bicyclic) bond motifs is 2. The van der Waals surface area contributed by atoms with Crippen LogP contribution in [0.1, 0.15) is 33.0 Å². The monoisotopic (exact) mass is 595 g/mol. The maximum atomic E-state index is 14.1. The zero-order chi connectivity index (χ0) is 29.9. The zero-order valence-electron chi connectivity index (χ0n) is 22.7. The van der Waals surface area contributed by atoms with Crippen molar-refractivity contribution in [1.29, 1.82) is 0 Å². The van der Waals surface area contributed by atoms with Crippen LogP contribution in [-0.4, -0.2) is 48.9 Å². The van der Waals surface area contributed by atoms with E-state index in [1.54, 1.807) is 20.8 Å². The minimum absolute atomic E-state index is 0.0578. The van der Waals surface area contributed by atoms with Crippen LogP contribution in [0.4, 0.5) is 18.0 Å². The maximum absolute atomic E-state index is 14.1. The molecule has 9 nitrogen and oxygen atoms in total. The molecule has 1 atom stereocenters. The molecule has 220 valence electrons. The van der Waals surface area contributed by atoms with Crippen molar-refractivity contribution in [3.63, 3.8) is 0 Å². The van der Waals surface area contributed by atoms with Gasteiger partial charge < -0.3 is 28.7 Å². The highest BCUT2D eigenvalue weighted by atomic mass is 32.2. The number of carbonyl (C=O) groups excluding carboxylic acids is 2. The average Bonchev–Trinajstić information content (AvgIpc) is 2.89. The van der Waals surface area contributed by atoms with Crippen molar-refractivity contribution in [2.75, 3.05) is 25.2 Å². The summed E-state index contributed by atoms with van der Waals surface area (Å²) in [5.74, 6) is -1.50. The fourth-order valence-electron chi connectivity index (χ4n) is 4.02. The second-order valence-corrected chi connectivity index (χ2v) is 11.0. The first-order valence-corrected chi connectivity index (χ1v) is 13.9. The molecule has 0 fully saturated rings. The lowest BCUT2D eigenvalue weighted by Crippen LogP contribution is -2.45. The molecule has 1 N–H and O–H groups in total. The van der Waals surface area contributed by atoms with E-state index in [9.17, 15) is 27.6 Å². The van der Waals surface area contributed by atoms with Gasteiger partial charge in [0.25, 0.3) is 0 Å². The predicted octanol–water partition coefficient (Wildman–Crippen LogP) is 5.80. The van der Waals surface area contributed by atoms with Crippen LogP contribution < -0.4 is 25.0 Å². The van der Waals surface area contributed by atoms with E-state index in [-0.39, 0.29) is 35.5 Å². The van der Waals surface area contributed by atoms with Crippen molar-refractivity contribution >= 4 is 34.8 Å². The smallest absolute Gasteiger partial charge is 0.450 e. The third-order valence-electron chi connectivity index (χ3n) is 5.76. The van der Waals surface area contributed by atoms with Gasteiger partial charge in [0, 0.05) is 6.07 Å². The number of benzene rings is 2. The van der Waals surface area contributed by atoms with Crippen molar-refractivity contribution < 1.29 is 46.1 Å². The molecule has 0 spiro atoms. The molecule has 0 unspecified atom stereocenters. The van der Waals surface area contributed by atoms with Gasteiger partial charge in [0.15, 0.2) is 11.5 Å². The molecule has 1 aliphatic rings. The van der Waals surface area contributed by atoms with Gasteiger partial charge in [-0.15, -0.1) is 0 Å². The third kappa shape index (κ3) is 7.26. The lowest BCUT2D eigenvalue weighted by Gasteiger charge is -2.22. The van der Waals surface area contributed by atoms with Crippen LogP contribution in [0.15, 0.2) is 45.6 Å². The van der Waals surface area contributed by atoms with E-state index in [4.69, 9.17) is 23.4 Å². The standard InChI is InChI=1S/C28H28F3NO8S/c1-27(2,3)40-26(35)32-18(9-12-41-4)25(34)38-16-6-7-17-20(14-16)39-24(28(29,30)31)22(23(17)33)15-5-8-19-21(13-15)37-11-10-36-19/h5-8,13-14,18H,9-12H2,1-4H3,(H,32,35)/t18-/m0/s1. The van der Waals surface area contributed by atoms with Gasteiger partial charge in [0.05, 0.1) is 10.9 Å². The van der Waals surface area contributed by atoms with E-state index in [0.717, 1.165) is 6.07 Å². The largest absolute Gasteiger partial charge is 0.486 e. The number of rotatable bonds is 7.